The molecule has 2 aromatic rings. The standard InChI is InChI=1S/C18H18N2O6/c1-11-8-9-16(25-3)13(10-11)18(22)26-12(2)17(21)19-14-6-4-5-7-15(14)20(23)24/h4-10,12H,1-3H3,(H,19,21)/t12-/m0/s1. The Labute approximate surface area is 149 Å². The van der Waals surface area contributed by atoms with Gasteiger partial charge in [0.1, 0.15) is 17.0 Å². The van der Waals surface area contributed by atoms with E-state index in [1.807, 2.05) is 0 Å². The van der Waals surface area contributed by atoms with Crippen molar-refractivity contribution in [2.24, 2.45) is 0 Å². The van der Waals surface area contributed by atoms with Crippen molar-refractivity contribution in [2.45, 2.75) is 20.0 Å². The van der Waals surface area contributed by atoms with Crippen LogP contribution in [0.5, 0.6) is 5.75 Å². The van der Waals surface area contributed by atoms with Crippen LogP contribution in [0.25, 0.3) is 0 Å². The van der Waals surface area contributed by atoms with Gasteiger partial charge in [0.25, 0.3) is 11.6 Å². The number of para-hydroxylation sites is 2. The number of amides is 1. The molecule has 0 radical (unpaired) electrons. The number of rotatable bonds is 6. The average Bonchev–Trinajstić information content (AvgIpc) is 2.61. The second-order valence-corrected chi connectivity index (χ2v) is 5.51. The number of nitro groups is 1. The number of hydrogen-bond donors (Lipinski definition) is 1. The SMILES string of the molecule is COc1ccc(C)cc1C(=O)O[C@@H](C)C(=O)Nc1ccccc1[N+](=O)[O-]. The van der Waals surface area contributed by atoms with Gasteiger partial charge in [0, 0.05) is 6.07 Å². The lowest BCUT2D eigenvalue weighted by Crippen LogP contribution is -2.30. The number of esters is 1. The minimum atomic E-state index is -1.16. The third kappa shape index (κ3) is 4.35. The van der Waals surface area contributed by atoms with Crippen LogP contribution in [0.15, 0.2) is 42.5 Å². The first-order valence-electron chi connectivity index (χ1n) is 7.73. The molecular formula is C18H18N2O6. The zero-order valence-corrected chi connectivity index (χ0v) is 14.5. The Kier molecular flexibility index (Phi) is 5.90. The molecule has 0 aliphatic rings. The Balaban J connectivity index is 2.11. The molecule has 2 rings (SSSR count). The number of methoxy groups -OCH3 is 1. The Hall–Kier alpha value is -3.42. The van der Waals surface area contributed by atoms with Gasteiger partial charge in [-0.15, -0.1) is 0 Å². The second kappa shape index (κ2) is 8.11. The number of ether oxygens (including phenoxy) is 2. The Morgan fingerprint density at radius 3 is 2.54 bits per heavy atom. The van der Waals surface area contributed by atoms with Gasteiger partial charge < -0.3 is 14.8 Å². The van der Waals surface area contributed by atoms with Crippen LogP contribution in [0.1, 0.15) is 22.8 Å². The number of nitrogens with zero attached hydrogens (tertiary/aromatic N) is 1. The number of carbonyl (C=O) groups is 2. The highest BCUT2D eigenvalue weighted by atomic mass is 16.6. The monoisotopic (exact) mass is 358 g/mol. The van der Waals surface area contributed by atoms with Crippen molar-refractivity contribution in [1.29, 1.82) is 0 Å². The summed E-state index contributed by atoms with van der Waals surface area (Å²) >= 11 is 0. The molecule has 1 N–H and O–H groups in total. The molecule has 1 amide bonds. The summed E-state index contributed by atoms with van der Waals surface area (Å²) in [5.41, 5.74) is 0.797. The van der Waals surface area contributed by atoms with Crippen molar-refractivity contribution in [2.75, 3.05) is 12.4 Å². The maximum Gasteiger partial charge on any atom is 0.342 e. The zero-order chi connectivity index (χ0) is 19.3. The van der Waals surface area contributed by atoms with Gasteiger partial charge in [0.15, 0.2) is 6.10 Å². The van der Waals surface area contributed by atoms with E-state index in [1.165, 1.54) is 32.2 Å². The molecule has 0 aromatic heterocycles. The topological polar surface area (TPSA) is 108 Å². The van der Waals surface area contributed by atoms with Gasteiger partial charge in [0.05, 0.1) is 12.0 Å². The van der Waals surface area contributed by atoms with E-state index in [4.69, 9.17) is 9.47 Å². The van der Waals surface area contributed by atoms with Crippen molar-refractivity contribution in [3.05, 3.63) is 63.7 Å². The highest BCUT2D eigenvalue weighted by Crippen LogP contribution is 2.24. The number of benzene rings is 2. The van der Waals surface area contributed by atoms with Gasteiger partial charge in [-0.1, -0.05) is 23.8 Å². The molecule has 2 aromatic carbocycles. The predicted octanol–water partition coefficient (Wildman–Crippen LogP) is 3.10. The van der Waals surface area contributed by atoms with Gasteiger partial charge in [-0.05, 0) is 32.0 Å². The summed E-state index contributed by atoms with van der Waals surface area (Å²) in [5.74, 6) is -1.08. The summed E-state index contributed by atoms with van der Waals surface area (Å²) in [6.45, 7) is 3.19. The number of hydrogen-bond acceptors (Lipinski definition) is 6. The molecular weight excluding hydrogens is 340 g/mol. The van der Waals surface area contributed by atoms with Crippen molar-refractivity contribution in [3.8, 4) is 5.75 Å². The molecule has 0 bridgehead atoms. The van der Waals surface area contributed by atoms with E-state index in [9.17, 15) is 19.7 Å². The van der Waals surface area contributed by atoms with E-state index in [0.717, 1.165) is 5.56 Å². The summed E-state index contributed by atoms with van der Waals surface area (Å²) in [7, 11) is 1.42. The van der Waals surface area contributed by atoms with E-state index in [0.29, 0.717) is 5.75 Å². The minimum Gasteiger partial charge on any atom is -0.496 e. The summed E-state index contributed by atoms with van der Waals surface area (Å²) in [6, 6.07) is 10.7. The number of nitro benzene ring substituents is 1. The zero-order valence-electron chi connectivity index (χ0n) is 14.5. The van der Waals surface area contributed by atoms with Crippen LogP contribution in [0.2, 0.25) is 0 Å². The molecule has 1 atom stereocenters. The van der Waals surface area contributed by atoms with Crippen LogP contribution in [0.4, 0.5) is 11.4 Å². The maximum absolute atomic E-state index is 12.3. The van der Waals surface area contributed by atoms with Gasteiger partial charge in [-0.3, -0.25) is 14.9 Å². The van der Waals surface area contributed by atoms with Crippen LogP contribution >= 0.6 is 0 Å². The van der Waals surface area contributed by atoms with E-state index in [2.05, 4.69) is 5.32 Å². The first-order chi connectivity index (χ1) is 12.3. The van der Waals surface area contributed by atoms with E-state index >= 15 is 0 Å². The Morgan fingerprint density at radius 1 is 1.19 bits per heavy atom. The van der Waals surface area contributed by atoms with Crippen LogP contribution in [-0.4, -0.2) is 30.0 Å². The third-order valence-corrected chi connectivity index (χ3v) is 3.59. The summed E-state index contributed by atoms with van der Waals surface area (Å²) in [6.07, 6.45) is -1.16. The largest absolute Gasteiger partial charge is 0.496 e. The van der Waals surface area contributed by atoms with Crippen LogP contribution in [0, 0.1) is 17.0 Å². The normalized spacial score (nSPS) is 11.3. The lowest BCUT2D eigenvalue weighted by Gasteiger charge is -2.15. The van der Waals surface area contributed by atoms with Gasteiger partial charge in [-0.25, -0.2) is 4.79 Å². The quantitative estimate of drug-likeness (QED) is 0.483. The molecule has 0 fully saturated rings. The molecule has 0 aliphatic carbocycles. The average molecular weight is 358 g/mol. The van der Waals surface area contributed by atoms with Crippen molar-refractivity contribution >= 4 is 23.3 Å². The number of aryl methyl sites for hydroxylation is 1. The lowest BCUT2D eigenvalue weighted by molar-refractivity contribution is -0.383. The molecule has 0 aliphatic heterocycles. The van der Waals surface area contributed by atoms with Gasteiger partial charge in [0.2, 0.25) is 0 Å². The molecule has 136 valence electrons. The number of nitrogens with one attached hydrogen (secondary N) is 1. The highest BCUT2D eigenvalue weighted by Gasteiger charge is 2.23. The highest BCUT2D eigenvalue weighted by molar-refractivity contribution is 5.99. The number of carbonyl (C=O) groups excluding carboxylic acids is 2. The molecule has 0 saturated carbocycles. The minimum absolute atomic E-state index is 0.0264. The fourth-order valence-electron chi connectivity index (χ4n) is 2.23. The first-order valence-corrected chi connectivity index (χ1v) is 7.73. The summed E-state index contributed by atoms with van der Waals surface area (Å²) < 4.78 is 10.3. The molecule has 8 heteroatoms. The van der Waals surface area contributed by atoms with Crippen LogP contribution in [-0.2, 0) is 9.53 Å². The molecule has 0 spiro atoms. The fraction of sp³-hybridized carbons (Fsp3) is 0.222. The van der Waals surface area contributed by atoms with Crippen molar-refractivity contribution in [3.63, 3.8) is 0 Å². The molecule has 0 saturated heterocycles. The molecule has 0 heterocycles. The second-order valence-electron chi connectivity index (χ2n) is 5.51. The Bertz CT molecular complexity index is 849. The first kappa shape index (κ1) is 18.9. The van der Waals surface area contributed by atoms with Crippen LogP contribution < -0.4 is 10.1 Å². The maximum atomic E-state index is 12.3. The van der Waals surface area contributed by atoms with E-state index in [-0.39, 0.29) is 16.9 Å². The summed E-state index contributed by atoms with van der Waals surface area (Å²) in [5, 5.41) is 13.4. The van der Waals surface area contributed by atoms with Crippen molar-refractivity contribution in [1.82, 2.24) is 0 Å². The van der Waals surface area contributed by atoms with Gasteiger partial charge in [-0.2, -0.15) is 0 Å². The van der Waals surface area contributed by atoms with Crippen molar-refractivity contribution < 1.29 is 24.0 Å². The fourth-order valence-corrected chi connectivity index (χ4v) is 2.23. The summed E-state index contributed by atoms with van der Waals surface area (Å²) in [4.78, 5) is 34.9. The number of anilines is 1. The smallest absolute Gasteiger partial charge is 0.342 e. The molecule has 0 unspecified atom stereocenters. The van der Waals surface area contributed by atoms with Crippen LogP contribution in [0.3, 0.4) is 0 Å². The lowest BCUT2D eigenvalue weighted by atomic mass is 10.1. The van der Waals surface area contributed by atoms with E-state index < -0.39 is 22.9 Å². The Morgan fingerprint density at radius 2 is 1.88 bits per heavy atom. The molecule has 8 nitrogen and oxygen atoms in total. The third-order valence-electron chi connectivity index (χ3n) is 3.59. The van der Waals surface area contributed by atoms with Gasteiger partial charge >= 0.3 is 5.97 Å². The predicted molar refractivity (Wildman–Crippen MR) is 94.3 cm³/mol. The van der Waals surface area contributed by atoms with E-state index in [1.54, 1.807) is 31.2 Å². The molecule has 26 heavy (non-hydrogen) atoms.